The van der Waals surface area contributed by atoms with E-state index < -0.39 is 16.6 Å². The molecule has 8 heteroatoms. The zero-order chi connectivity index (χ0) is 17.7. The number of benzene rings is 2. The first-order valence-electron chi connectivity index (χ1n) is 6.74. The number of nitrogens with zero attached hydrogens (tertiary/aromatic N) is 1. The third-order valence-electron chi connectivity index (χ3n) is 3.10. The van der Waals surface area contributed by atoms with Crippen LogP contribution in [0.2, 0.25) is 0 Å². The molecule has 0 aliphatic carbocycles. The topological polar surface area (TPSA) is 92.5 Å². The lowest BCUT2D eigenvalue weighted by molar-refractivity contribution is -0.384. The third-order valence-corrected chi connectivity index (χ3v) is 3.59. The molecule has 0 unspecified atom stereocenters. The molecule has 2 N–H and O–H groups in total. The molecule has 0 spiro atoms. The summed E-state index contributed by atoms with van der Waals surface area (Å²) in [4.78, 5) is 21.9. The number of amides is 1. The van der Waals surface area contributed by atoms with Crippen molar-refractivity contribution in [1.29, 1.82) is 0 Å². The van der Waals surface area contributed by atoms with Gasteiger partial charge >= 0.3 is 0 Å². The Balaban J connectivity index is 2.03. The maximum absolute atomic E-state index is 13.5. The van der Waals surface area contributed by atoms with Gasteiger partial charge in [-0.1, -0.05) is 15.9 Å². The van der Waals surface area contributed by atoms with Crippen LogP contribution in [0.3, 0.4) is 0 Å². The summed E-state index contributed by atoms with van der Waals surface area (Å²) in [6, 6.07) is 7.85. The van der Waals surface area contributed by atoms with Crippen molar-refractivity contribution >= 4 is 33.6 Å². The molecule has 124 valence electrons. The molecule has 1 amide bonds. The lowest BCUT2D eigenvalue weighted by Gasteiger charge is -2.05. The number of phenols is 1. The highest BCUT2D eigenvalue weighted by molar-refractivity contribution is 9.10. The van der Waals surface area contributed by atoms with E-state index in [9.17, 15) is 24.4 Å². The minimum Gasteiger partial charge on any atom is -0.508 e. The average Bonchev–Trinajstić information content (AvgIpc) is 2.54. The molecule has 0 bridgehead atoms. The average molecular weight is 395 g/mol. The number of nitrogens with one attached hydrogen (secondary N) is 1. The van der Waals surface area contributed by atoms with E-state index >= 15 is 0 Å². The minimum absolute atomic E-state index is 0.0996. The Morgan fingerprint density at radius 1 is 1.33 bits per heavy atom. The Morgan fingerprint density at radius 2 is 2.08 bits per heavy atom. The molecule has 0 fully saturated rings. The molecule has 6 nitrogen and oxygen atoms in total. The number of carbonyl (C=O) groups excluding carboxylic acids is 1. The summed E-state index contributed by atoms with van der Waals surface area (Å²) in [6.07, 6.45) is 2.45. The molecule has 0 aromatic heterocycles. The zero-order valence-corrected chi connectivity index (χ0v) is 13.8. The van der Waals surface area contributed by atoms with Crippen LogP contribution in [0.1, 0.15) is 11.1 Å². The number of aromatic hydroxyl groups is 1. The number of hydrogen-bond acceptors (Lipinski definition) is 4. The molecule has 2 rings (SSSR count). The second-order valence-electron chi connectivity index (χ2n) is 4.79. The Hall–Kier alpha value is -2.74. The Kier molecular flexibility index (Phi) is 5.64. The fourth-order valence-electron chi connectivity index (χ4n) is 1.88. The maximum atomic E-state index is 13.5. The second kappa shape index (κ2) is 7.69. The summed E-state index contributed by atoms with van der Waals surface area (Å²) in [5, 5.41) is 22.8. The van der Waals surface area contributed by atoms with E-state index in [1.165, 1.54) is 36.4 Å². The van der Waals surface area contributed by atoms with Gasteiger partial charge in [-0.05, 0) is 30.3 Å². The zero-order valence-electron chi connectivity index (χ0n) is 12.2. The van der Waals surface area contributed by atoms with E-state index in [4.69, 9.17) is 0 Å². The highest BCUT2D eigenvalue weighted by atomic mass is 79.9. The van der Waals surface area contributed by atoms with Crippen LogP contribution in [0.25, 0.3) is 6.08 Å². The Morgan fingerprint density at radius 3 is 2.79 bits per heavy atom. The van der Waals surface area contributed by atoms with E-state index in [2.05, 4.69) is 21.2 Å². The predicted molar refractivity (Wildman–Crippen MR) is 89.7 cm³/mol. The summed E-state index contributed by atoms with van der Waals surface area (Å²) < 4.78 is 14.2. The number of rotatable bonds is 5. The van der Waals surface area contributed by atoms with Gasteiger partial charge in [0.25, 0.3) is 5.69 Å². The molecular weight excluding hydrogens is 383 g/mol. The fourth-order valence-corrected chi connectivity index (χ4v) is 2.25. The van der Waals surface area contributed by atoms with Crippen LogP contribution in [0.4, 0.5) is 10.1 Å². The summed E-state index contributed by atoms with van der Waals surface area (Å²) in [5.74, 6) is -1.17. The van der Waals surface area contributed by atoms with Crippen LogP contribution in [0, 0.1) is 15.9 Å². The van der Waals surface area contributed by atoms with Gasteiger partial charge in [0, 0.05) is 40.4 Å². The standard InChI is InChI=1S/C16H12BrFN2O4/c17-12-2-4-14(18)10(7-12)1-6-16(22)19-9-11-8-13(20(23)24)3-5-15(11)21/h1-8,21H,9H2,(H,19,22)/b6-1+. The first-order valence-corrected chi connectivity index (χ1v) is 7.53. The molecule has 0 aliphatic rings. The molecule has 0 atom stereocenters. The highest BCUT2D eigenvalue weighted by Crippen LogP contribution is 2.22. The van der Waals surface area contributed by atoms with Crippen molar-refractivity contribution in [1.82, 2.24) is 5.32 Å². The number of nitro groups is 1. The van der Waals surface area contributed by atoms with Crippen molar-refractivity contribution in [2.75, 3.05) is 0 Å². The number of nitro benzene ring substituents is 1. The van der Waals surface area contributed by atoms with Crippen molar-refractivity contribution in [3.05, 3.63) is 74.0 Å². The summed E-state index contributed by atoms with van der Waals surface area (Å²) in [6.45, 7) is -0.0996. The first kappa shape index (κ1) is 17.6. The van der Waals surface area contributed by atoms with Gasteiger partial charge in [-0.15, -0.1) is 0 Å². The number of carbonyl (C=O) groups is 1. The van der Waals surface area contributed by atoms with Crippen LogP contribution >= 0.6 is 15.9 Å². The van der Waals surface area contributed by atoms with E-state index in [-0.39, 0.29) is 29.1 Å². The van der Waals surface area contributed by atoms with Gasteiger partial charge in [-0.25, -0.2) is 4.39 Å². The number of phenolic OH excluding ortho intramolecular Hbond substituents is 1. The van der Waals surface area contributed by atoms with Gasteiger partial charge < -0.3 is 10.4 Å². The van der Waals surface area contributed by atoms with E-state index in [1.54, 1.807) is 0 Å². The molecule has 0 saturated carbocycles. The number of non-ortho nitro benzene ring substituents is 1. The smallest absolute Gasteiger partial charge is 0.270 e. The van der Waals surface area contributed by atoms with Crippen LogP contribution in [0.5, 0.6) is 5.75 Å². The van der Waals surface area contributed by atoms with Crippen molar-refractivity contribution < 1.29 is 19.2 Å². The van der Waals surface area contributed by atoms with Crippen molar-refractivity contribution in [2.45, 2.75) is 6.54 Å². The maximum Gasteiger partial charge on any atom is 0.270 e. The molecule has 2 aromatic carbocycles. The molecule has 2 aromatic rings. The van der Waals surface area contributed by atoms with Gasteiger partial charge in [0.05, 0.1) is 4.92 Å². The van der Waals surface area contributed by atoms with Crippen molar-refractivity contribution in [3.8, 4) is 5.75 Å². The lowest BCUT2D eigenvalue weighted by Crippen LogP contribution is -2.20. The summed E-state index contributed by atoms with van der Waals surface area (Å²) >= 11 is 3.21. The predicted octanol–water partition coefficient (Wildman–Crippen LogP) is 3.53. The van der Waals surface area contributed by atoms with Gasteiger partial charge in [0.1, 0.15) is 11.6 Å². The number of hydrogen-bond donors (Lipinski definition) is 2. The van der Waals surface area contributed by atoms with Crippen LogP contribution in [0.15, 0.2) is 46.9 Å². The molecule has 0 radical (unpaired) electrons. The molecule has 0 heterocycles. The fraction of sp³-hybridized carbons (Fsp3) is 0.0625. The Bertz CT molecular complexity index is 824. The van der Waals surface area contributed by atoms with E-state index in [0.29, 0.717) is 4.47 Å². The quantitative estimate of drug-likeness (QED) is 0.460. The van der Waals surface area contributed by atoms with Crippen molar-refractivity contribution in [2.24, 2.45) is 0 Å². The normalized spacial score (nSPS) is 10.8. The largest absolute Gasteiger partial charge is 0.508 e. The lowest BCUT2D eigenvalue weighted by atomic mass is 10.1. The van der Waals surface area contributed by atoms with E-state index in [0.717, 1.165) is 12.1 Å². The van der Waals surface area contributed by atoms with Gasteiger partial charge in [-0.3, -0.25) is 14.9 Å². The second-order valence-corrected chi connectivity index (χ2v) is 5.70. The molecular formula is C16H12BrFN2O4. The minimum atomic E-state index is -0.597. The first-order chi connectivity index (χ1) is 11.4. The van der Waals surface area contributed by atoms with Gasteiger partial charge in [0.2, 0.25) is 5.91 Å². The third kappa shape index (κ3) is 4.63. The van der Waals surface area contributed by atoms with Gasteiger partial charge in [-0.2, -0.15) is 0 Å². The molecule has 24 heavy (non-hydrogen) atoms. The van der Waals surface area contributed by atoms with Gasteiger partial charge in [0.15, 0.2) is 0 Å². The molecule has 0 aliphatic heterocycles. The SMILES string of the molecule is O=C(/C=C/c1cc(Br)ccc1F)NCc1cc([N+](=O)[O-])ccc1O. The monoisotopic (exact) mass is 394 g/mol. The van der Waals surface area contributed by atoms with E-state index in [1.807, 2.05) is 0 Å². The van der Waals surface area contributed by atoms with Crippen molar-refractivity contribution in [3.63, 3.8) is 0 Å². The Labute approximate surface area is 144 Å². The van der Waals surface area contributed by atoms with Crippen LogP contribution < -0.4 is 5.32 Å². The highest BCUT2D eigenvalue weighted by Gasteiger charge is 2.10. The summed E-state index contributed by atoms with van der Waals surface area (Å²) in [7, 11) is 0. The molecule has 0 saturated heterocycles. The summed E-state index contributed by atoms with van der Waals surface area (Å²) in [5.41, 5.74) is 0.251. The van der Waals surface area contributed by atoms with Crippen LogP contribution in [-0.2, 0) is 11.3 Å². The number of halogens is 2. The van der Waals surface area contributed by atoms with Crippen LogP contribution in [-0.4, -0.2) is 15.9 Å².